The fourth-order valence-electron chi connectivity index (χ4n) is 3.67. The highest BCUT2D eigenvalue weighted by molar-refractivity contribution is 7.14. The second kappa shape index (κ2) is 9.68. The molecule has 1 aliphatic rings. The molecule has 1 saturated heterocycles. The summed E-state index contributed by atoms with van der Waals surface area (Å²) in [6, 6.07) is 14.3. The van der Waals surface area contributed by atoms with Gasteiger partial charge < -0.3 is 20.6 Å². The van der Waals surface area contributed by atoms with Crippen LogP contribution in [0.3, 0.4) is 0 Å². The Morgan fingerprint density at radius 3 is 2.69 bits per heavy atom. The van der Waals surface area contributed by atoms with E-state index in [1.165, 1.54) is 18.3 Å². The molecule has 2 amide bonds. The van der Waals surface area contributed by atoms with Crippen LogP contribution in [0.2, 0.25) is 5.02 Å². The number of nitrogens with zero attached hydrogens (tertiary/aromatic N) is 2. The molecule has 2 aromatic carbocycles. The number of halogens is 1. The largest absolute Gasteiger partial charge is 0.391 e. The van der Waals surface area contributed by atoms with Gasteiger partial charge in [-0.2, -0.15) is 0 Å². The smallest absolute Gasteiger partial charge is 0.243 e. The topological polar surface area (TPSA) is 94.6 Å². The van der Waals surface area contributed by atoms with Crippen LogP contribution in [0.25, 0.3) is 11.3 Å². The van der Waals surface area contributed by atoms with E-state index in [9.17, 15) is 14.7 Å². The van der Waals surface area contributed by atoms with Crippen LogP contribution in [0.1, 0.15) is 18.9 Å². The number of thiazole rings is 1. The number of hydrogen-bond acceptors (Lipinski definition) is 6. The number of benzene rings is 2. The molecular weight excluding hydrogens is 448 g/mol. The molecule has 0 bridgehead atoms. The van der Waals surface area contributed by atoms with Crippen LogP contribution in [-0.4, -0.2) is 40.6 Å². The molecule has 4 rings (SSSR count). The van der Waals surface area contributed by atoms with E-state index in [2.05, 4.69) is 10.6 Å². The van der Waals surface area contributed by atoms with E-state index in [1.54, 1.807) is 6.07 Å². The summed E-state index contributed by atoms with van der Waals surface area (Å²) in [6.07, 6.45) is -0.260. The minimum atomic E-state index is -0.602. The lowest BCUT2D eigenvalue weighted by molar-refractivity contribution is -0.122. The van der Waals surface area contributed by atoms with Crippen LogP contribution in [0.4, 0.5) is 10.8 Å². The number of hydrogen-bond donors (Lipinski definition) is 3. The first kappa shape index (κ1) is 22.3. The minimum absolute atomic E-state index is 0.125. The quantitative estimate of drug-likeness (QED) is 0.511. The number of aromatic nitrogens is 1. The maximum atomic E-state index is 12.9. The second-order valence-electron chi connectivity index (χ2n) is 7.64. The molecule has 166 valence electrons. The fourth-order valence-corrected chi connectivity index (χ4v) is 4.77. The third-order valence-corrected chi connectivity index (χ3v) is 6.48. The van der Waals surface area contributed by atoms with E-state index in [0.29, 0.717) is 29.7 Å². The van der Waals surface area contributed by atoms with Gasteiger partial charge in [-0.15, -0.1) is 11.3 Å². The van der Waals surface area contributed by atoms with Crippen molar-refractivity contribution in [2.75, 3.05) is 16.8 Å². The van der Waals surface area contributed by atoms with Crippen molar-refractivity contribution in [3.05, 3.63) is 64.5 Å². The fraction of sp³-hybridized carbons (Fsp3) is 0.261. The summed E-state index contributed by atoms with van der Waals surface area (Å²) in [5, 5.41) is 19.1. The van der Waals surface area contributed by atoms with E-state index in [-0.39, 0.29) is 11.8 Å². The Balaban J connectivity index is 1.46. The maximum absolute atomic E-state index is 12.9. The van der Waals surface area contributed by atoms with Crippen molar-refractivity contribution in [1.29, 1.82) is 0 Å². The number of nitrogens with one attached hydrogen (secondary N) is 2. The standard InChI is InChI=1S/C23H23ClN4O3S/c1-14(29)26-17-8-6-15(7-9-17)20-13-32-23(27-20)28-12-18(30)10-21(28)22(31)25-11-16-4-2-3-5-19(16)24/h2-9,13,18,21,30H,10-12H2,1H3,(H,25,31)(H,26,29)/t18?,21-/m0/s1. The Morgan fingerprint density at radius 2 is 1.97 bits per heavy atom. The molecule has 1 unspecified atom stereocenters. The molecule has 2 heterocycles. The van der Waals surface area contributed by atoms with Crippen LogP contribution in [0.15, 0.2) is 53.9 Å². The second-order valence-corrected chi connectivity index (χ2v) is 8.88. The molecule has 1 fully saturated rings. The SMILES string of the molecule is CC(=O)Nc1ccc(-c2csc(N3CC(O)C[C@H]3C(=O)NCc3ccccc3Cl)n2)cc1. The highest BCUT2D eigenvalue weighted by Crippen LogP contribution is 2.33. The molecule has 0 saturated carbocycles. The van der Waals surface area contributed by atoms with Crippen LogP contribution >= 0.6 is 22.9 Å². The number of rotatable bonds is 6. The Labute approximate surface area is 195 Å². The average molecular weight is 471 g/mol. The summed E-state index contributed by atoms with van der Waals surface area (Å²) in [7, 11) is 0. The molecular formula is C23H23ClN4O3S. The van der Waals surface area contributed by atoms with Gasteiger partial charge in [0.2, 0.25) is 11.8 Å². The van der Waals surface area contributed by atoms with Crippen molar-refractivity contribution >= 4 is 45.6 Å². The number of aliphatic hydroxyl groups excluding tert-OH is 1. The summed E-state index contributed by atoms with van der Waals surface area (Å²) in [5.41, 5.74) is 3.23. The summed E-state index contributed by atoms with van der Waals surface area (Å²) in [4.78, 5) is 30.6. The average Bonchev–Trinajstić information content (AvgIpc) is 3.40. The lowest BCUT2D eigenvalue weighted by Gasteiger charge is -2.23. The molecule has 3 aromatic rings. The molecule has 0 radical (unpaired) electrons. The molecule has 0 spiro atoms. The van der Waals surface area contributed by atoms with Crippen molar-refractivity contribution in [2.24, 2.45) is 0 Å². The van der Waals surface area contributed by atoms with Crippen LogP contribution < -0.4 is 15.5 Å². The molecule has 7 nitrogen and oxygen atoms in total. The van der Waals surface area contributed by atoms with Gasteiger partial charge in [-0.25, -0.2) is 4.98 Å². The van der Waals surface area contributed by atoms with E-state index in [4.69, 9.17) is 16.6 Å². The zero-order chi connectivity index (χ0) is 22.7. The Kier molecular flexibility index (Phi) is 6.74. The summed E-state index contributed by atoms with van der Waals surface area (Å²) < 4.78 is 0. The summed E-state index contributed by atoms with van der Waals surface area (Å²) >= 11 is 7.61. The predicted octanol–water partition coefficient (Wildman–Crippen LogP) is 3.68. The van der Waals surface area contributed by atoms with E-state index < -0.39 is 12.1 Å². The van der Waals surface area contributed by atoms with E-state index in [1.807, 2.05) is 52.7 Å². The van der Waals surface area contributed by atoms with Crippen molar-refractivity contribution in [3.63, 3.8) is 0 Å². The first-order chi connectivity index (χ1) is 15.4. The normalized spacial score (nSPS) is 17.9. The first-order valence-electron chi connectivity index (χ1n) is 10.2. The van der Waals surface area contributed by atoms with Gasteiger partial charge in [0, 0.05) is 48.1 Å². The monoisotopic (exact) mass is 470 g/mol. The minimum Gasteiger partial charge on any atom is -0.391 e. The molecule has 9 heteroatoms. The van der Waals surface area contributed by atoms with Gasteiger partial charge in [0.05, 0.1) is 11.8 Å². The van der Waals surface area contributed by atoms with Crippen molar-refractivity contribution in [1.82, 2.24) is 10.3 Å². The number of carbonyl (C=O) groups is 2. The van der Waals surface area contributed by atoms with Crippen molar-refractivity contribution in [2.45, 2.75) is 32.0 Å². The number of amides is 2. The van der Waals surface area contributed by atoms with Crippen molar-refractivity contribution in [3.8, 4) is 11.3 Å². The van der Waals surface area contributed by atoms with E-state index >= 15 is 0 Å². The Bertz CT molecular complexity index is 1120. The van der Waals surface area contributed by atoms with Gasteiger partial charge in [-0.3, -0.25) is 9.59 Å². The van der Waals surface area contributed by atoms with Gasteiger partial charge in [0.1, 0.15) is 6.04 Å². The van der Waals surface area contributed by atoms with Gasteiger partial charge in [-0.05, 0) is 23.8 Å². The molecule has 32 heavy (non-hydrogen) atoms. The van der Waals surface area contributed by atoms with Crippen molar-refractivity contribution < 1.29 is 14.7 Å². The zero-order valence-electron chi connectivity index (χ0n) is 17.4. The third-order valence-electron chi connectivity index (χ3n) is 5.23. The Morgan fingerprint density at radius 1 is 1.22 bits per heavy atom. The highest BCUT2D eigenvalue weighted by atomic mass is 35.5. The zero-order valence-corrected chi connectivity index (χ0v) is 19.0. The molecule has 1 aliphatic heterocycles. The first-order valence-corrected chi connectivity index (χ1v) is 11.5. The number of anilines is 2. The molecule has 3 N–H and O–H groups in total. The summed E-state index contributed by atoms with van der Waals surface area (Å²) in [6.45, 7) is 2.13. The predicted molar refractivity (Wildman–Crippen MR) is 127 cm³/mol. The van der Waals surface area contributed by atoms with Gasteiger partial charge >= 0.3 is 0 Å². The lowest BCUT2D eigenvalue weighted by atomic mass is 10.1. The van der Waals surface area contributed by atoms with Crippen LogP contribution in [0.5, 0.6) is 0 Å². The van der Waals surface area contributed by atoms with Crippen LogP contribution in [-0.2, 0) is 16.1 Å². The molecule has 2 atom stereocenters. The van der Waals surface area contributed by atoms with Crippen LogP contribution in [0, 0.1) is 0 Å². The number of aliphatic hydroxyl groups is 1. The molecule has 0 aliphatic carbocycles. The third kappa shape index (κ3) is 5.09. The number of carbonyl (C=O) groups excluding carboxylic acids is 2. The Hall–Kier alpha value is -2.94. The number of β-amino-alcohol motifs (C(OH)–C–C–N with tert-alkyl or cyclic N) is 1. The maximum Gasteiger partial charge on any atom is 0.243 e. The van der Waals surface area contributed by atoms with Gasteiger partial charge in [-0.1, -0.05) is 41.9 Å². The highest BCUT2D eigenvalue weighted by Gasteiger charge is 2.37. The van der Waals surface area contributed by atoms with Gasteiger partial charge in [0.25, 0.3) is 0 Å². The lowest BCUT2D eigenvalue weighted by Crippen LogP contribution is -2.43. The van der Waals surface area contributed by atoms with E-state index in [0.717, 1.165) is 22.5 Å². The van der Waals surface area contributed by atoms with Gasteiger partial charge in [0.15, 0.2) is 5.13 Å². The molecule has 1 aromatic heterocycles. The summed E-state index contributed by atoms with van der Waals surface area (Å²) in [5.74, 6) is -0.294.